The van der Waals surface area contributed by atoms with Crippen LogP contribution in [0.3, 0.4) is 0 Å². The van der Waals surface area contributed by atoms with Gasteiger partial charge in [0, 0.05) is 68.7 Å². The van der Waals surface area contributed by atoms with Gasteiger partial charge in [0.15, 0.2) is 0 Å². The van der Waals surface area contributed by atoms with Gasteiger partial charge in [-0.2, -0.15) is 12.7 Å². The van der Waals surface area contributed by atoms with E-state index in [4.69, 9.17) is 4.74 Å². The number of methoxy groups -OCH3 is 1. The minimum Gasteiger partial charge on any atom is -0.497 e. The van der Waals surface area contributed by atoms with Gasteiger partial charge in [-0.1, -0.05) is 25.3 Å². The molecule has 10 nitrogen and oxygen atoms in total. The summed E-state index contributed by atoms with van der Waals surface area (Å²) in [6.45, 7) is 1.88. The van der Waals surface area contributed by atoms with Crippen molar-refractivity contribution < 1.29 is 22.7 Å². The zero-order valence-corrected chi connectivity index (χ0v) is 28.0. The molecule has 242 valence electrons. The SMILES string of the molecule is COc1ccc2c(c1)[C@@H]1C[C@]1(C(=O)N(C)CCN(C)C)Cn1c-2c(C2CCCCC2)c2ccc(C(=O)NS(=O)(=O)N(C)C)cc21. The number of aromatic nitrogens is 1. The van der Waals surface area contributed by atoms with Crippen LogP contribution in [0.2, 0.25) is 0 Å². The molecule has 0 radical (unpaired) electrons. The first-order chi connectivity index (χ1) is 21.4. The summed E-state index contributed by atoms with van der Waals surface area (Å²) in [6, 6.07) is 11.8. The Balaban J connectivity index is 1.56. The summed E-state index contributed by atoms with van der Waals surface area (Å²) >= 11 is 0. The van der Waals surface area contributed by atoms with Gasteiger partial charge in [-0.3, -0.25) is 9.59 Å². The predicted molar refractivity (Wildman–Crippen MR) is 176 cm³/mol. The number of carbonyl (C=O) groups is 2. The fourth-order valence-corrected chi connectivity index (χ4v) is 8.06. The summed E-state index contributed by atoms with van der Waals surface area (Å²) < 4.78 is 36.1. The molecule has 1 aromatic heterocycles. The van der Waals surface area contributed by atoms with Crippen molar-refractivity contribution in [2.24, 2.45) is 5.41 Å². The standard InChI is InChI=1S/C34H45N5O5S/c1-36(2)16-17-38(5)33(41)34-20-28(34)27-19-24(44-6)13-15-25(27)31-30(22-10-8-7-9-11-22)26-14-12-23(18-29(26)39(31)21-34)32(40)35-45(42,43)37(3)4/h12-15,18-19,22,28H,7-11,16-17,20-21H2,1-6H3,(H,35,40)/t28-,34-/m0/s1. The van der Waals surface area contributed by atoms with Gasteiger partial charge in [-0.25, -0.2) is 4.72 Å². The Hall–Kier alpha value is -3.41. The van der Waals surface area contributed by atoms with Crippen LogP contribution < -0.4 is 9.46 Å². The highest BCUT2D eigenvalue weighted by Gasteiger charge is 2.63. The highest BCUT2D eigenvalue weighted by atomic mass is 32.2. The van der Waals surface area contributed by atoms with Crippen LogP contribution in [0.25, 0.3) is 22.2 Å². The predicted octanol–water partition coefficient (Wildman–Crippen LogP) is 4.41. The van der Waals surface area contributed by atoms with Crippen LogP contribution in [0.15, 0.2) is 36.4 Å². The van der Waals surface area contributed by atoms with E-state index in [0.29, 0.717) is 19.0 Å². The average molecular weight is 636 g/mol. The van der Waals surface area contributed by atoms with Gasteiger partial charge in [0.1, 0.15) is 5.75 Å². The Bertz CT molecular complexity index is 1760. The molecule has 0 saturated heterocycles. The Labute approximate surface area is 266 Å². The monoisotopic (exact) mass is 635 g/mol. The molecular formula is C34H45N5O5S. The third kappa shape index (κ3) is 5.53. The smallest absolute Gasteiger partial charge is 0.303 e. The van der Waals surface area contributed by atoms with Crippen LogP contribution in [0.5, 0.6) is 5.75 Å². The van der Waals surface area contributed by atoms with Crippen molar-refractivity contribution in [1.82, 2.24) is 23.4 Å². The Morgan fingerprint density at radius 3 is 2.40 bits per heavy atom. The van der Waals surface area contributed by atoms with E-state index in [2.05, 4.69) is 26.3 Å². The van der Waals surface area contributed by atoms with Crippen molar-refractivity contribution in [3.63, 3.8) is 0 Å². The number of amides is 2. The largest absolute Gasteiger partial charge is 0.497 e. The van der Waals surface area contributed by atoms with E-state index in [9.17, 15) is 18.0 Å². The number of nitrogens with zero attached hydrogens (tertiary/aromatic N) is 4. The summed E-state index contributed by atoms with van der Waals surface area (Å²) in [7, 11) is 6.38. The fourth-order valence-electron chi connectivity index (χ4n) is 7.52. The van der Waals surface area contributed by atoms with Gasteiger partial charge >= 0.3 is 10.2 Å². The zero-order chi connectivity index (χ0) is 32.3. The third-order valence-electron chi connectivity index (χ3n) is 10.1. The molecule has 2 aromatic carbocycles. The number of likely N-dealkylation sites (N-methyl/N-ethyl adjacent to an activating group) is 2. The molecule has 1 aliphatic heterocycles. The molecule has 6 rings (SSSR count). The fraction of sp³-hybridized carbons (Fsp3) is 0.529. The van der Waals surface area contributed by atoms with E-state index in [1.165, 1.54) is 26.1 Å². The molecule has 2 fully saturated rings. The second kappa shape index (κ2) is 11.7. The first kappa shape index (κ1) is 31.6. The van der Waals surface area contributed by atoms with Crippen molar-refractivity contribution >= 4 is 32.9 Å². The van der Waals surface area contributed by atoms with Crippen molar-refractivity contribution in [2.45, 2.75) is 56.9 Å². The van der Waals surface area contributed by atoms with E-state index < -0.39 is 21.5 Å². The van der Waals surface area contributed by atoms with Crippen LogP contribution in [0.4, 0.5) is 0 Å². The molecule has 11 heteroatoms. The molecular weight excluding hydrogens is 590 g/mol. The Kier molecular flexibility index (Phi) is 8.24. The lowest BCUT2D eigenvalue weighted by Crippen LogP contribution is -2.40. The molecule has 3 aromatic rings. The van der Waals surface area contributed by atoms with Crippen molar-refractivity contribution in [3.8, 4) is 17.0 Å². The van der Waals surface area contributed by atoms with Crippen molar-refractivity contribution in [3.05, 3.63) is 53.1 Å². The van der Waals surface area contributed by atoms with Crippen LogP contribution >= 0.6 is 0 Å². The molecule has 2 aliphatic carbocycles. The number of benzene rings is 2. The second-order valence-electron chi connectivity index (χ2n) is 13.5. The van der Waals surface area contributed by atoms with E-state index in [1.54, 1.807) is 13.2 Å². The number of rotatable bonds is 9. The molecule has 2 atom stereocenters. The van der Waals surface area contributed by atoms with Crippen LogP contribution in [0, 0.1) is 5.41 Å². The molecule has 2 heterocycles. The van der Waals surface area contributed by atoms with E-state index in [1.807, 2.05) is 44.2 Å². The maximum atomic E-state index is 14.4. The molecule has 0 bridgehead atoms. The van der Waals surface area contributed by atoms with E-state index in [-0.39, 0.29) is 17.4 Å². The molecule has 0 spiro atoms. The first-order valence-electron chi connectivity index (χ1n) is 15.9. The average Bonchev–Trinajstić information content (AvgIpc) is 3.69. The summed E-state index contributed by atoms with van der Waals surface area (Å²) in [5.41, 5.74) is 5.13. The van der Waals surface area contributed by atoms with Crippen LogP contribution in [0.1, 0.15) is 71.8 Å². The lowest BCUT2D eigenvalue weighted by molar-refractivity contribution is -0.136. The first-order valence-corrected chi connectivity index (χ1v) is 17.3. The van der Waals surface area contributed by atoms with E-state index >= 15 is 0 Å². The van der Waals surface area contributed by atoms with Gasteiger partial charge in [-0.05, 0) is 80.7 Å². The minimum absolute atomic E-state index is 0.0442. The summed E-state index contributed by atoms with van der Waals surface area (Å²) in [5, 5.41) is 1.06. The number of hydrogen-bond donors (Lipinski definition) is 1. The third-order valence-corrected chi connectivity index (χ3v) is 11.5. The zero-order valence-electron chi connectivity index (χ0n) is 27.2. The van der Waals surface area contributed by atoms with Crippen LogP contribution in [-0.4, -0.2) is 94.3 Å². The molecule has 3 aliphatic rings. The minimum atomic E-state index is -3.96. The molecule has 1 N–H and O–H groups in total. The van der Waals surface area contributed by atoms with Gasteiger partial charge in [0.2, 0.25) is 5.91 Å². The quantitative estimate of drug-likeness (QED) is 0.374. The number of ether oxygens (including phenoxy) is 1. The van der Waals surface area contributed by atoms with Gasteiger partial charge < -0.3 is 19.1 Å². The lowest BCUT2D eigenvalue weighted by atomic mass is 9.81. The normalized spacial score (nSPS) is 21.2. The van der Waals surface area contributed by atoms with Crippen molar-refractivity contribution in [2.75, 3.05) is 55.4 Å². The number of nitrogens with one attached hydrogen (secondary N) is 1. The van der Waals surface area contributed by atoms with Crippen LogP contribution in [-0.2, 0) is 21.5 Å². The van der Waals surface area contributed by atoms with E-state index in [0.717, 1.165) is 76.4 Å². The number of hydrogen-bond acceptors (Lipinski definition) is 6. The molecule has 45 heavy (non-hydrogen) atoms. The highest BCUT2D eigenvalue weighted by molar-refractivity contribution is 7.87. The van der Waals surface area contributed by atoms with Gasteiger partial charge in [-0.15, -0.1) is 0 Å². The lowest BCUT2D eigenvalue weighted by Gasteiger charge is -2.26. The number of fused-ring (bicyclic) bond motifs is 7. The molecule has 2 amide bonds. The molecule has 2 saturated carbocycles. The Morgan fingerprint density at radius 2 is 1.73 bits per heavy atom. The van der Waals surface area contributed by atoms with Crippen molar-refractivity contribution in [1.29, 1.82) is 0 Å². The summed E-state index contributed by atoms with van der Waals surface area (Å²) in [5.74, 6) is 0.612. The summed E-state index contributed by atoms with van der Waals surface area (Å²) in [4.78, 5) is 31.6. The Morgan fingerprint density at radius 1 is 1.00 bits per heavy atom. The number of carbonyl (C=O) groups excluding carboxylic acids is 2. The van der Waals surface area contributed by atoms with Gasteiger partial charge in [0.25, 0.3) is 5.91 Å². The topological polar surface area (TPSA) is 104 Å². The summed E-state index contributed by atoms with van der Waals surface area (Å²) in [6.07, 6.45) is 6.45. The highest BCUT2D eigenvalue weighted by Crippen LogP contribution is 2.66. The molecule has 0 unspecified atom stereocenters. The maximum absolute atomic E-state index is 14.4. The second-order valence-corrected chi connectivity index (χ2v) is 15.4. The van der Waals surface area contributed by atoms with Gasteiger partial charge in [0.05, 0.1) is 18.2 Å². The maximum Gasteiger partial charge on any atom is 0.303 e.